The summed E-state index contributed by atoms with van der Waals surface area (Å²) in [4.78, 5) is 28.3. The monoisotopic (exact) mass is 366 g/mol. The van der Waals surface area contributed by atoms with Crippen LogP contribution in [0.4, 0.5) is 11.4 Å². The van der Waals surface area contributed by atoms with Crippen LogP contribution < -0.4 is 5.32 Å². The molecule has 140 valence electrons. The lowest BCUT2D eigenvalue weighted by atomic mass is 10.1. The van der Waals surface area contributed by atoms with E-state index in [0.717, 1.165) is 11.4 Å². The summed E-state index contributed by atoms with van der Waals surface area (Å²) in [5, 5.41) is 8.25. The van der Waals surface area contributed by atoms with Crippen LogP contribution >= 0.6 is 0 Å². The first-order valence-electron chi connectivity index (χ1n) is 8.63. The zero-order valence-electron chi connectivity index (χ0n) is 15.8. The maximum Gasteiger partial charge on any atom is 0.328 e. The molecule has 27 heavy (non-hydrogen) atoms. The SMILES string of the molecule is CC(=O)c1nn(CC(=O)OC(C)(C)C)c2ccc(Nc3cccnc3)cc12. The van der Waals surface area contributed by atoms with Crippen LogP contribution in [-0.4, -0.2) is 32.1 Å². The Hall–Kier alpha value is -3.22. The summed E-state index contributed by atoms with van der Waals surface area (Å²) in [6, 6.07) is 9.28. The summed E-state index contributed by atoms with van der Waals surface area (Å²) in [5.74, 6) is -0.568. The molecule has 1 N–H and O–H groups in total. The molecule has 0 fully saturated rings. The van der Waals surface area contributed by atoms with Crippen LogP contribution in [0.1, 0.15) is 38.2 Å². The van der Waals surface area contributed by atoms with Gasteiger partial charge in [0.15, 0.2) is 5.78 Å². The van der Waals surface area contributed by atoms with Crippen molar-refractivity contribution in [1.82, 2.24) is 14.8 Å². The minimum absolute atomic E-state index is 0.0591. The lowest BCUT2D eigenvalue weighted by molar-refractivity contribution is -0.155. The first kappa shape index (κ1) is 18.6. The van der Waals surface area contributed by atoms with Gasteiger partial charge in [-0.25, -0.2) is 0 Å². The standard InChI is InChI=1S/C20H22N4O3/c1-13(25)19-16-10-14(22-15-6-5-9-21-11-15)7-8-17(16)24(23-19)12-18(26)27-20(2,3)4/h5-11,22H,12H2,1-4H3. The van der Waals surface area contributed by atoms with Crippen molar-refractivity contribution in [2.24, 2.45) is 0 Å². The molecular weight excluding hydrogens is 344 g/mol. The maximum atomic E-state index is 12.2. The highest BCUT2D eigenvalue weighted by atomic mass is 16.6. The summed E-state index contributed by atoms with van der Waals surface area (Å²) in [6.45, 7) is 6.83. The van der Waals surface area contributed by atoms with E-state index in [4.69, 9.17) is 4.74 Å². The fourth-order valence-corrected chi connectivity index (χ4v) is 2.74. The maximum absolute atomic E-state index is 12.2. The minimum atomic E-state index is -0.579. The Bertz CT molecular complexity index is 988. The lowest BCUT2D eigenvalue weighted by Crippen LogP contribution is -2.26. The Labute approximate surface area is 157 Å². The molecule has 0 bridgehead atoms. The van der Waals surface area contributed by atoms with Gasteiger partial charge in [-0.3, -0.25) is 19.3 Å². The van der Waals surface area contributed by atoms with Crippen LogP contribution in [-0.2, 0) is 16.1 Å². The molecule has 0 aliphatic rings. The highest BCUT2D eigenvalue weighted by Gasteiger charge is 2.20. The Morgan fingerprint density at radius 1 is 1.19 bits per heavy atom. The first-order chi connectivity index (χ1) is 12.7. The van der Waals surface area contributed by atoms with Gasteiger partial charge in [-0.2, -0.15) is 5.10 Å². The number of carbonyl (C=O) groups is 2. The highest BCUT2D eigenvalue weighted by molar-refractivity contribution is 6.06. The molecule has 7 heteroatoms. The van der Waals surface area contributed by atoms with Crippen LogP contribution in [0.15, 0.2) is 42.7 Å². The Balaban J connectivity index is 1.95. The largest absolute Gasteiger partial charge is 0.459 e. The highest BCUT2D eigenvalue weighted by Crippen LogP contribution is 2.25. The summed E-state index contributed by atoms with van der Waals surface area (Å²) in [6.07, 6.45) is 3.41. The van der Waals surface area contributed by atoms with E-state index in [1.807, 2.05) is 51.1 Å². The van der Waals surface area contributed by atoms with Crippen LogP contribution in [0.25, 0.3) is 10.9 Å². The third-order valence-corrected chi connectivity index (χ3v) is 3.73. The lowest BCUT2D eigenvalue weighted by Gasteiger charge is -2.19. The fourth-order valence-electron chi connectivity index (χ4n) is 2.74. The van der Waals surface area contributed by atoms with Gasteiger partial charge >= 0.3 is 5.97 Å². The summed E-state index contributed by atoms with van der Waals surface area (Å²) < 4.78 is 6.87. The van der Waals surface area contributed by atoms with E-state index in [0.29, 0.717) is 16.6 Å². The predicted molar refractivity (Wildman–Crippen MR) is 103 cm³/mol. The molecule has 0 aliphatic carbocycles. The van der Waals surface area contributed by atoms with E-state index >= 15 is 0 Å². The summed E-state index contributed by atoms with van der Waals surface area (Å²) in [7, 11) is 0. The smallest absolute Gasteiger partial charge is 0.328 e. The quantitative estimate of drug-likeness (QED) is 0.547. The second-order valence-corrected chi connectivity index (χ2v) is 7.25. The summed E-state index contributed by atoms with van der Waals surface area (Å²) >= 11 is 0. The van der Waals surface area contributed by atoms with Crippen LogP contribution in [0.5, 0.6) is 0 Å². The molecule has 0 unspecified atom stereocenters. The number of carbonyl (C=O) groups excluding carboxylic acids is 2. The zero-order valence-corrected chi connectivity index (χ0v) is 15.8. The number of benzene rings is 1. The molecule has 0 amide bonds. The molecule has 0 radical (unpaired) electrons. The molecule has 3 aromatic rings. The van der Waals surface area contributed by atoms with Crippen LogP contribution in [0.2, 0.25) is 0 Å². The van der Waals surface area contributed by atoms with Crippen molar-refractivity contribution in [3.63, 3.8) is 0 Å². The van der Waals surface area contributed by atoms with Gasteiger partial charge in [-0.1, -0.05) is 0 Å². The average Bonchev–Trinajstić information content (AvgIpc) is 2.92. The second-order valence-electron chi connectivity index (χ2n) is 7.25. The number of ether oxygens (including phenoxy) is 1. The van der Waals surface area contributed by atoms with E-state index < -0.39 is 11.6 Å². The van der Waals surface area contributed by atoms with E-state index in [9.17, 15) is 9.59 Å². The number of esters is 1. The van der Waals surface area contributed by atoms with E-state index in [1.54, 1.807) is 12.4 Å². The van der Waals surface area contributed by atoms with Crippen LogP contribution in [0, 0.1) is 0 Å². The molecule has 0 atom stereocenters. The number of anilines is 2. The van der Waals surface area contributed by atoms with Crippen molar-refractivity contribution in [3.05, 3.63) is 48.4 Å². The molecular formula is C20H22N4O3. The molecule has 7 nitrogen and oxygen atoms in total. The number of rotatable bonds is 5. The number of hydrogen-bond donors (Lipinski definition) is 1. The number of fused-ring (bicyclic) bond motifs is 1. The number of nitrogens with one attached hydrogen (secondary N) is 1. The molecule has 2 heterocycles. The normalized spacial score (nSPS) is 11.4. The van der Waals surface area contributed by atoms with Crippen molar-refractivity contribution in [2.45, 2.75) is 39.8 Å². The molecule has 1 aromatic carbocycles. The van der Waals surface area contributed by atoms with Gasteiger partial charge in [0.05, 0.1) is 17.4 Å². The van der Waals surface area contributed by atoms with Gasteiger partial charge in [0.25, 0.3) is 0 Å². The number of Topliss-reactive ketones (excluding diaryl/α,β-unsaturated/α-hetero) is 1. The molecule has 0 saturated heterocycles. The van der Waals surface area contributed by atoms with Gasteiger partial charge in [-0.15, -0.1) is 0 Å². The number of ketones is 1. The second kappa shape index (κ2) is 7.19. The van der Waals surface area contributed by atoms with Gasteiger partial charge in [-0.05, 0) is 51.1 Å². The van der Waals surface area contributed by atoms with Crippen molar-refractivity contribution in [2.75, 3.05) is 5.32 Å². The Morgan fingerprint density at radius 3 is 2.59 bits per heavy atom. The van der Waals surface area contributed by atoms with Crippen molar-refractivity contribution >= 4 is 34.0 Å². The number of aromatic nitrogens is 3. The first-order valence-corrected chi connectivity index (χ1v) is 8.63. The number of nitrogens with zero attached hydrogens (tertiary/aromatic N) is 3. The molecule has 0 saturated carbocycles. The predicted octanol–water partition coefficient (Wildman–Crippen LogP) is 3.72. The molecule has 0 aliphatic heterocycles. The summed E-state index contributed by atoms with van der Waals surface area (Å²) in [5.41, 5.74) is 2.08. The van der Waals surface area contributed by atoms with Crippen LogP contribution in [0.3, 0.4) is 0 Å². The minimum Gasteiger partial charge on any atom is -0.459 e. The van der Waals surface area contributed by atoms with Gasteiger partial charge in [0.1, 0.15) is 17.8 Å². The molecule has 3 rings (SSSR count). The van der Waals surface area contributed by atoms with Crippen molar-refractivity contribution < 1.29 is 14.3 Å². The topological polar surface area (TPSA) is 86.1 Å². The number of hydrogen-bond acceptors (Lipinski definition) is 6. The fraction of sp³-hybridized carbons (Fsp3) is 0.300. The van der Waals surface area contributed by atoms with E-state index in [1.165, 1.54) is 11.6 Å². The van der Waals surface area contributed by atoms with Crippen molar-refractivity contribution in [1.29, 1.82) is 0 Å². The Morgan fingerprint density at radius 2 is 1.96 bits per heavy atom. The van der Waals surface area contributed by atoms with Gasteiger partial charge in [0, 0.05) is 24.2 Å². The van der Waals surface area contributed by atoms with Crippen molar-refractivity contribution in [3.8, 4) is 0 Å². The average molecular weight is 366 g/mol. The molecule has 0 spiro atoms. The zero-order chi connectivity index (χ0) is 19.6. The van der Waals surface area contributed by atoms with Gasteiger partial charge in [0.2, 0.25) is 0 Å². The van der Waals surface area contributed by atoms with E-state index in [-0.39, 0.29) is 12.3 Å². The third kappa shape index (κ3) is 4.49. The Kier molecular flexibility index (Phi) is 4.94. The third-order valence-electron chi connectivity index (χ3n) is 3.73. The van der Waals surface area contributed by atoms with Gasteiger partial charge < -0.3 is 10.1 Å². The number of pyridine rings is 1. The van der Waals surface area contributed by atoms with E-state index in [2.05, 4.69) is 15.4 Å². The molecule has 2 aromatic heterocycles.